The van der Waals surface area contributed by atoms with Crippen LogP contribution >= 0.6 is 0 Å². The molecule has 0 atom stereocenters. The highest BCUT2D eigenvalue weighted by Crippen LogP contribution is 2.35. The fourth-order valence-electron chi connectivity index (χ4n) is 3.18. The summed E-state index contributed by atoms with van der Waals surface area (Å²) in [7, 11) is 0. The van der Waals surface area contributed by atoms with Crippen LogP contribution in [0.4, 0.5) is 5.69 Å². The number of fused-ring (bicyclic) bond motifs is 1. The normalized spacial score (nSPS) is 14.0. The van der Waals surface area contributed by atoms with E-state index in [9.17, 15) is 0 Å². The second-order valence-corrected chi connectivity index (χ2v) is 9.19. The number of oxazole rings is 1. The van der Waals surface area contributed by atoms with E-state index in [1.807, 2.05) is 30.5 Å². The molecule has 0 spiro atoms. The first kappa shape index (κ1) is 20.0. The fourth-order valence-corrected chi connectivity index (χ4v) is 3.18. The van der Waals surface area contributed by atoms with Gasteiger partial charge in [0.05, 0.1) is 12.2 Å². The summed E-state index contributed by atoms with van der Waals surface area (Å²) < 4.78 is 5.01. The Bertz CT molecular complexity index is 920. The zero-order valence-corrected chi connectivity index (χ0v) is 17.8. The van der Waals surface area contributed by atoms with Crippen LogP contribution in [0.25, 0.3) is 11.1 Å². The number of hydrazine groups is 1. The first-order valence-corrected chi connectivity index (χ1v) is 9.78. The second-order valence-electron chi connectivity index (χ2n) is 9.19. The molecular formula is C24H31N3O. The number of benzene rings is 2. The summed E-state index contributed by atoms with van der Waals surface area (Å²) in [5.74, 6) is 0. The Morgan fingerprint density at radius 1 is 0.964 bits per heavy atom. The maximum absolute atomic E-state index is 5.01. The predicted octanol–water partition coefficient (Wildman–Crippen LogP) is 5.95. The molecule has 0 fully saturated rings. The molecule has 28 heavy (non-hydrogen) atoms. The summed E-state index contributed by atoms with van der Waals surface area (Å²) in [5, 5.41) is 2.22. The molecule has 0 aliphatic carbocycles. The van der Waals surface area contributed by atoms with Crippen LogP contribution in [0.1, 0.15) is 52.7 Å². The topological polar surface area (TPSA) is 41.3 Å². The number of aromatic nitrogens is 1. The number of para-hydroxylation sites is 2. The summed E-state index contributed by atoms with van der Waals surface area (Å²) in [6.45, 7) is 14.5. The van der Waals surface area contributed by atoms with Gasteiger partial charge in [0.2, 0.25) is 0 Å². The van der Waals surface area contributed by atoms with Gasteiger partial charge in [-0.2, -0.15) is 0 Å². The Morgan fingerprint density at radius 2 is 1.71 bits per heavy atom. The van der Waals surface area contributed by atoms with E-state index in [1.165, 1.54) is 23.2 Å². The van der Waals surface area contributed by atoms with Crippen LogP contribution in [-0.4, -0.2) is 11.5 Å². The van der Waals surface area contributed by atoms with Gasteiger partial charge in [-0.1, -0.05) is 65.8 Å². The Hall–Kier alpha value is -2.75. The molecule has 0 unspecified atom stereocenters. The van der Waals surface area contributed by atoms with Gasteiger partial charge in [0.25, 0.3) is 0 Å². The molecule has 0 saturated heterocycles. The third-order valence-electron chi connectivity index (χ3n) is 4.84. The van der Waals surface area contributed by atoms with Crippen LogP contribution in [0.3, 0.4) is 0 Å². The minimum Gasteiger partial charge on any atom is -0.443 e. The Balaban J connectivity index is 0.000000206. The molecule has 3 aromatic rings. The minimum atomic E-state index is 0.149. The molecule has 0 radical (unpaired) electrons. The molecule has 1 aromatic heterocycles. The fraction of sp³-hybridized carbons (Fsp3) is 0.375. The van der Waals surface area contributed by atoms with E-state index in [0.717, 1.165) is 17.6 Å². The van der Waals surface area contributed by atoms with E-state index in [4.69, 9.17) is 4.42 Å². The maximum Gasteiger partial charge on any atom is 0.181 e. The van der Waals surface area contributed by atoms with E-state index in [0.29, 0.717) is 0 Å². The number of nitrogens with one attached hydrogen (secondary N) is 1. The van der Waals surface area contributed by atoms with Crippen molar-refractivity contribution in [3.05, 3.63) is 72.3 Å². The van der Waals surface area contributed by atoms with Crippen LogP contribution < -0.4 is 10.4 Å². The third kappa shape index (κ3) is 4.56. The molecule has 1 N–H and O–H groups in total. The molecule has 1 aliphatic rings. The standard InChI is InChI=1S/C17H26N2.C7H5NO/c1-16(2,3)13-8-9-14(17(4,5)6)15(12-13)19-11-7-10-18-19;1-2-4-7-6(3-1)8-5-9-7/h7-10,12,18H,11H2,1-6H3;1-5H. The van der Waals surface area contributed by atoms with Gasteiger partial charge >= 0.3 is 0 Å². The first-order chi connectivity index (χ1) is 13.2. The maximum atomic E-state index is 5.01. The number of hydrogen-bond donors (Lipinski definition) is 1. The van der Waals surface area contributed by atoms with E-state index in [2.05, 4.69) is 81.2 Å². The van der Waals surface area contributed by atoms with Crippen molar-refractivity contribution >= 4 is 16.8 Å². The zero-order valence-electron chi connectivity index (χ0n) is 17.8. The van der Waals surface area contributed by atoms with Crippen molar-refractivity contribution in [3.8, 4) is 0 Å². The van der Waals surface area contributed by atoms with E-state index < -0.39 is 0 Å². The summed E-state index contributed by atoms with van der Waals surface area (Å²) in [5.41, 5.74) is 9.46. The zero-order chi connectivity index (χ0) is 20.4. The molecule has 4 heteroatoms. The van der Waals surface area contributed by atoms with Gasteiger partial charge in [0.1, 0.15) is 5.52 Å². The Morgan fingerprint density at radius 3 is 2.32 bits per heavy atom. The quantitative estimate of drug-likeness (QED) is 0.569. The van der Waals surface area contributed by atoms with Crippen molar-refractivity contribution in [1.29, 1.82) is 0 Å². The lowest BCUT2D eigenvalue weighted by molar-refractivity contribution is 0.574. The largest absolute Gasteiger partial charge is 0.443 e. The molecule has 0 amide bonds. The lowest BCUT2D eigenvalue weighted by Gasteiger charge is -2.31. The summed E-state index contributed by atoms with van der Waals surface area (Å²) >= 11 is 0. The highest BCUT2D eigenvalue weighted by atomic mass is 16.3. The Labute approximate surface area is 168 Å². The molecule has 4 nitrogen and oxygen atoms in total. The van der Waals surface area contributed by atoms with Gasteiger partial charge in [-0.05, 0) is 46.2 Å². The molecular weight excluding hydrogens is 346 g/mol. The van der Waals surface area contributed by atoms with Crippen LogP contribution in [0.15, 0.2) is 65.6 Å². The van der Waals surface area contributed by atoms with Crippen LogP contribution in [-0.2, 0) is 10.8 Å². The number of anilines is 1. The lowest BCUT2D eigenvalue weighted by Crippen LogP contribution is -2.32. The van der Waals surface area contributed by atoms with E-state index in [1.54, 1.807) is 0 Å². The molecule has 1 aliphatic heterocycles. The van der Waals surface area contributed by atoms with Crippen molar-refractivity contribution in [2.45, 2.75) is 52.4 Å². The molecule has 0 bridgehead atoms. The molecule has 2 heterocycles. The van der Waals surface area contributed by atoms with Gasteiger partial charge in [-0.15, -0.1) is 0 Å². The van der Waals surface area contributed by atoms with Crippen LogP contribution in [0, 0.1) is 0 Å². The van der Waals surface area contributed by atoms with Crippen molar-refractivity contribution in [2.24, 2.45) is 0 Å². The lowest BCUT2D eigenvalue weighted by atomic mass is 9.81. The summed E-state index contributed by atoms with van der Waals surface area (Å²) in [4.78, 5) is 3.95. The average Bonchev–Trinajstić information content (AvgIpc) is 3.32. The summed E-state index contributed by atoms with van der Waals surface area (Å²) in [6.07, 6.45) is 5.61. The molecule has 2 aromatic carbocycles. The van der Waals surface area contributed by atoms with Crippen molar-refractivity contribution in [2.75, 3.05) is 11.6 Å². The van der Waals surface area contributed by atoms with E-state index in [-0.39, 0.29) is 10.8 Å². The average molecular weight is 378 g/mol. The number of rotatable bonds is 1. The number of nitrogens with zero attached hydrogens (tertiary/aromatic N) is 2. The first-order valence-electron chi connectivity index (χ1n) is 9.78. The highest BCUT2D eigenvalue weighted by Gasteiger charge is 2.24. The van der Waals surface area contributed by atoms with Gasteiger partial charge in [0.15, 0.2) is 12.0 Å². The highest BCUT2D eigenvalue weighted by molar-refractivity contribution is 5.71. The van der Waals surface area contributed by atoms with Crippen molar-refractivity contribution < 1.29 is 4.42 Å². The minimum absolute atomic E-state index is 0.149. The second kappa shape index (κ2) is 7.70. The SMILES string of the molecule is CC(C)(C)c1ccc(C(C)(C)C)c(N2CC=CN2)c1.c1ccc2ocnc2c1. The predicted molar refractivity (Wildman–Crippen MR) is 117 cm³/mol. The smallest absolute Gasteiger partial charge is 0.181 e. The van der Waals surface area contributed by atoms with Crippen molar-refractivity contribution in [1.82, 2.24) is 10.4 Å². The summed E-state index contributed by atoms with van der Waals surface area (Å²) in [6, 6.07) is 14.6. The van der Waals surface area contributed by atoms with Gasteiger partial charge in [0, 0.05) is 6.20 Å². The van der Waals surface area contributed by atoms with Gasteiger partial charge in [-0.3, -0.25) is 5.01 Å². The van der Waals surface area contributed by atoms with Crippen LogP contribution in [0.5, 0.6) is 0 Å². The molecule has 4 rings (SSSR count). The third-order valence-corrected chi connectivity index (χ3v) is 4.84. The van der Waals surface area contributed by atoms with Crippen molar-refractivity contribution in [3.63, 3.8) is 0 Å². The number of hydrogen-bond acceptors (Lipinski definition) is 4. The van der Waals surface area contributed by atoms with Gasteiger partial charge < -0.3 is 9.84 Å². The monoisotopic (exact) mass is 377 g/mol. The Kier molecular flexibility index (Phi) is 5.50. The van der Waals surface area contributed by atoms with E-state index >= 15 is 0 Å². The molecule has 0 saturated carbocycles. The molecule has 148 valence electrons. The van der Waals surface area contributed by atoms with Crippen LogP contribution in [0.2, 0.25) is 0 Å². The van der Waals surface area contributed by atoms with Gasteiger partial charge in [-0.25, -0.2) is 4.98 Å².